The van der Waals surface area contributed by atoms with Gasteiger partial charge in [0.15, 0.2) is 6.10 Å². The Labute approximate surface area is 123 Å². The maximum absolute atomic E-state index is 12.5. The summed E-state index contributed by atoms with van der Waals surface area (Å²) in [5.74, 6) is 0.703. The molecule has 2 saturated heterocycles. The molecule has 1 atom stereocenters. The quantitative estimate of drug-likeness (QED) is 0.755. The summed E-state index contributed by atoms with van der Waals surface area (Å²) in [4.78, 5) is 25.0. The molecule has 114 valence electrons. The van der Waals surface area contributed by atoms with Crippen molar-refractivity contribution in [1.82, 2.24) is 14.9 Å². The van der Waals surface area contributed by atoms with Gasteiger partial charge in [0.1, 0.15) is 0 Å². The van der Waals surface area contributed by atoms with E-state index < -0.39 is 6.10 Å². The maximum Gasteiger partial charge on any atom is 0.253 e. The molecule has 0 radical (unpaired) electrons. The fourth-order valence-corrected chi connectivity index (χ4v) is 2.56. The number of ether oxygens (including phenoxy) is 2. The molecule has 21 heavy (non-hydrogen) atoms. The highest BCUT2D eigenvalue weighted by Crippen LogP contribution is 2.15. The van der Waals surface area contributed by atoms with Crippen LogP contribution in [-0.2, 0) is 14.3 Å². The lowest BCUT2D eigenvalue weighted by molar-refractivity contribution is -0.148. The minimum absolute atomic E-state index is 0.0376. The third-order valence-corrected chi connectivity index (χ3v) is 3.73. The zero-order chi connectivity index (χ0) is 14.7. The molecule has 0 spiro atoms. The zero-order valence-corrected chi connectivity index (χ0v) is 12.2. The van der Waals surface area contributed by atoms with E-state index in [0.29, 0.717) is 51.9 Å². The van der Waals surface area contributed by atoms with Crippen LogP contribution >= 0.6 is 0 Å². The molecule has 2 aliphatic rings. The van der Waals surface area contributed by atoms with Gasteiger partial charge < -0.3 is 19.3 Å². The molecule has 1 amide bonds. The highest BCUT2D eigenvalue weighted by Gasteiger charge is 2.31. The first-order chi connectivity index (χ1) is 10.2. The predicted octanol–water partition coefficient (Wildman–Crippen LogP) is -0.151. The number of morpholine rings is 2. The fourth-order valence-electron chi connectivity index (χ4n) is 2.56. The van der Waals surface area contributed by atoms with E-state index in [1.807, 2.05) is 22.8 Å². The molecule has 2 aliphatic heterocycles. The number of carbonyl (C=O) groups excluding carboxylic acids is 1. The maximum atomic E-state index is 12.5. The van der Waals surface area contributed by atoms with Gasteiger partial charge in [-0.15, -0.1) is 0 Å². The van der Waals surface area contributed by atoms with Crippen LogP contribution in [0.5, 0.6) is 0 Å². The number of aromatic nitrogens is 2. The number of anilines is 1. The summed E-state index contributed by atoms with van der Waals surface area (Å²) in [6.07, 6.45) is 1.30. The first kappa shape index (κ1) is 14.2. The molecule has 3 heterocycles. The summed E-state index contributed by atoms with van der Waals surface area (Å²) < 4.78 is 10.9. The van der Waals surface area contributed by atoms with Crippen molar-refractivity contribution in [2.24, 2.45) is 0 Å². The molecule has 0 N–H and O–H groups in total. The number of nitrogens with zero attached hydrogens (tertiary/aromatic N) is 4. The molecular weight excluding hydrogens is 272 g/mol. The largest absolute Gasteiger partial charge is 0.378 e. The molecule has 1 unspecified atom stereocenters. The van der Waals surface area contributed by atoms with Gasteiger partial charge in [0.25, 0.3) is 5.91 Å². The van der Waals surface area contributed by atoms with Gasteiger partial charge >= 0.3 is 0 Å². The standard InChI is InChI=1S/C14H20N4O3/c1-11-2-3-15-14(16-11)18-6-9-21-12(10-18)13(19)17-4-7-20-8-5-17/h2-3,12H,4-10H2,1H3. The van der Waals surface area contributed by atoms with E-state index in [4.69, 9.17) is 9.47 Å². The topological polar surface area (TPSA) is 67.8 Å². The van der Waals surface area contributed by atoms with E-state index in [1.54, 1.807) is 6.20 Å². The molecule has 1 aromatic rings. The van der Waals surface area contributed by atoms with Crippen molar-refractivity contribution < 1.29 is 14.3 Å². The molecule has 7 heteroatoms. The van der Waals surface area contributed by atoms with E-state index in [2.05, 4.69) is 9.97 Å². The fraction of sp³-hybridized carbons (Fsp3) is 0.643. The second-order valence-electron chi connectivity index (χ2n) is 5.24. The lowest BCUT2D eigenvalue weighted by Gasteiger charge is -2.36. The van der Waals surface area contributed by atoms with Crippen molar-refractivity contribution in [1.29, 1.82) is 0 Å². The average molecular weight is 292 g/mol. The minimum atomic E-state index is -0.444. The van der Waals surface area contributed by atoms with Crippen molar-refractivity contribution >= 4 is 11.9 Å². The third-order valence-electron chi connectivity index (χ3n) is 3.73. The molecule has 3 rings (SSSR count). The van der Waals surface area contributed by atoms with Crippen LogP contribution in [0.1, 0.15) is 5.69 Å². The molecular formula is C14H20N4O3. The number of amides is 1. The van der Waals surface area contributed by atoms with Crippen LogP contribution < -0.4 is 4.90 Å². The third kappa shape index (κ3) is 3.30. The van der Waals surface area contributed by atoms with Gasteiger partial charge in [0.2, 0.25) is 5.95 Å². The minimum Gasteiger partial charge on any atom is -0.378 e. The van der Waals surface area contributed by atoms with Gasteiger partial charge in [0, 0.05) is 31.5 Å². The van der Waals surface area contributed by atoms with Crippen LogP contribution in [0.2, 0.25) is 0 Å². The highest BCUT2D eigenvalue weighted by atomic mass is 16.5. The van der Waals surface area contributed by atoms with Crippen molar-refractivity contribution in [3.8, 4) is 0 Å². The molecule has 0 saturated carbocycles. The van der Waals surface area contributed by atoms with Crippen LogP contribution in [0.4, 0.5) is 5.95 Å². The molecule has 1 aromatic heterocycles. The summed E-state index contributed by atoms with van der Waals surface area (Å²) in [6, 6.07) is 1.86. The zero-order valence-electron chi connectivity index (χ0n) is 12.2. The first-order valence-corrected chi connectivity index (χ1v) is 7.27. The Kier molecular flexibility index (Phi) is 4.31. The van der Waals surface area contributed by atoms with Crippen LogP contribution in [0.15, 0.2) is 12.3 Å². The van der Waals surface area contributed by atoms with E-state index in [-0.39, 0.29) is 5.91 Å². The molecule has 0 aliphatic carbocycles. The number of carbonyl (C=O) groups is 1. The van der Waals surface area contributed by atoms with Crippen LogP contribution in [-0.4, -0.2) is 72.9 Å². The summed E-state index contributed by atoms with van der Waals surface area (Å²) >= 11 is 0. The van der Waals surface area contributed by atoms with Gasteiger partial charge in [0.05, 0.1) is 26.4 Å². The Balaban J connectivity index is 1.66. The average Bonchev–Trinajstić information content (AvgIpc) is 2.55. The van der Waals surface area contributed by atoms with E-state index >= 15 is 0 Å². The van der Waals surface area contributed by atoms with Gasteiger partial charge in [-0.05, 0) is 13.0 Å². The SMILES string of the molecule is Cc1ccnc(N2CCOC(C(=O)N3CCOCC3)C2)n1. The summed E-state index contributed by atoms with van der Waals surface area (Å²) in [6.45, 7) is 6.13. The predicted molar refractivity (Wildman–Crippen MR) is 76.1 cm³/mol. The summed E-state index contributed by atoms with van der Waals surface area (Å²) in [5.41, 5.74) is 0.919. The smallest absolute Gasteiger partial charge is 0.253 e. The van der Waals surface area contributed by atoms with Crippen LogP contribution in [0.3, 0.4) is 0 Å². The molecule has 2 fully saturated rings. The lowest BCUT2D eigenvalue weighted by atomic mass is 10.2. The molecule has 7 nitrogen and oxygen atoms in total. The number of hydrogen-bond acceptors (Lipinski definition) is 6. The second kappa shape index (κ2) is 6.36. The van der Waals surface area contributed by atoms with Crippen molar-refractivity contribution in [3.63, 3.8) is 0 Å². The monoisotopic (exact) mass is 292 g/mol. The number of aryl methyl sites for hydroxylation is 1. The second-order valence-corrected chi connectivity index (χ2v) is 5.24. The van der Waals surface area contributed by atoms with Crippen molar-refractivity contribution in [2.45, 2.75) is 13.0 Å². The summed E-state index contributed by atoms with van der Waals surface area (Å²) in [5, 5.41) is 0. The lowest BCUT2D eigenvalue weighted by Crippen LogP contribution is -2.53. The van der Waals surface area contributed by atoms with E-state index in [9.17, 15) is 4.79 Å². The Morgan fingerprint density at radius 3 is 2.86 bits per heavy atom. The van der Waals surface area contributed by atoms with Crippen LogP contribution in [0, 0.1) is 6.92 Å². The Hall–Kier alpha value is -1.73. The normalized spacial score (nSPS) is 23.2. The molecule has 0 bridgehead atoms. The first-order valence-electron chi connectivity index (χ1n) is 7.27. The Morgan fingerprint density at radius 2 is 2.10 bits per heavy atom. The number of rotatable bonds is 2. The van der Waals surface area contributed by atoms with Crippen LogP contribution in [0.25, 0.3) is 0 Å². The molecule has 0 aromatic carbocycles. The number of hydrogen-bond donors (Lipinski definition) is 0. The van der Waals surface area contributed by atoms with Crippen molar-refractivity contribution in [3.05, 3.63) is 18.0 Å². The highest BCUT2D eigenvalue weighted by molar-refractivity contribution is 5.82. The Morgan fingerprint density at radius 1 is 1.29 bits per heavy atom. The van der Waals surface area contributed by atoms with E-state index in [0.717, 1.165) is 5.69 Å². The summed E-state index contributed by atoms with van der Waals surface area (Å²) in [7, 11) is 0. The van der Waals surface area contributed by atoms with Crippen molar-refractivity contribution in [2.75, 3.05) is 50.9 Å². The van der Waals surface area contributed by atoms with Gasteiger partial charge in [-0.2, -0.15) is 0 Å². The van der Waals surface area contributed by atoms with Gasteiger partial charge in [-0.1, -0.05) is 0 Å². The Bertz CT molecular complexity index is 505. The van der Waals surface area contributed by atoms with E-state index in [1.165, 1.54) is 0 Å². The van der Waals surface area contributed by atoms with Gasteiger partial charge in [-0.3, -0.25) is 4.79 Å². The van der Waals surface area contributed by atoms with Gasteiger partial charge in [-0.25, -0.2) is 9.97 Å².